The van der Waals surface area contributed by atoms with Crippen molar-refractivity contribution in [1.29, 1.82) is 0 Å². The molecule has 2 atom stereocenters. The molecule has 0 radical (unpaired) electrons. The van der Waals surface area contributed by atoms with Gasteiger partial charge in [0.1, 0.15) is 5.75 Å². The molecule has 0 amide bonds. The minimum Gasteiger partial charge on any atom is -0.493 e. The molecule has 0 saturated carbocycles. The Balaban J connectivity index is 1.67. The highest BCUT2D eigenvalue weighted by Gasteiger charge is 2.22. The van der Waals surface area contributed by atoms with E-state index in [-0.39, 0.29) is 0 Å². The van der Waals surface area contributed by atoms with Gasteiger partial charge in [-0.15, -0.1) is 11.3 Å². The largest absolute Gasteiger partial charge is 0.493 e. The number of ether oxygens (including phenoxy) is 1. The molecule has 0 fully saturated rings. The number of thiophene rings is 1. The van der Waals surface area contributed by atoms with E-state index < -0.39 is 0 Å². The molecule has 0 aliphatic carbocycles. The Morgan fingerprint density at radius 3 is 3.00 bits per heavy atom. The highest BCUT2D eigenvalue weighted by atomic mass is 32.1. The number of rotatable bonds is 6. The molecule has 2 heterocycles. The summed E-state index contributed by atoms with van der Waals surface area (Å²) in [5, 5.41) is 5.96. The highest BCUT2D eigenvalue weighted by Crippen LogP contribution is 2.33. The van der Waals surface area contributed by atoms with Crippen LogP contribution in [0.5, 0.6) is 5.75 Å². The molecule has 0 bridgehead atoms. The van der Waals surface area contributed by atoms with Crippen LogP contribution in [0.2, 0.25) is 0 Å². The third-order valence-electron chi connectivity index (χ3n) is 4.16. The molecule has 1 aromatic heterocycles. The zero-order chi connectivity index (χ0) is 14.5. The standard InChI is InChI=1S/C18H23NOS/c1-2-6-16(18-9-5-12-21-18)19-13-14-10-11-20-17-8-4-3-7-15(14)17/h3-5,7-9,12,14,16,19H,2,6,10-11,13H2,1H3. The Kier molecular flexibility index (Phi) is 4.94. The lowest BCUT2D eigenvalue weighted by molar-refractivity contribution is 0.262. The van der Waals surface area contributed by atoms with E-state index >= 15 is 0 Å². The summed E-state index contributed by atoms with van der Waals surface area (Å²) in [6, 6.07) is 13.4. The van der Waals surface area contributed by atoms with Crippen molar-refractivity contribution >= 4 is 11.3 Å². The van der Waals surface area contributed by atoms with Crippen LogP contribution in [-0.4, -0.2) is 13.2 Å². The van der Waals surface area contributed by atoms with Gasteiger partial charge in [-0.1, -0.05) is 37.6 Å². The second-order valence-electron chi connectivity index (χ2n) is 5.64. The fraction of sp³-hybridized carbons (Fsp3) is 0.444. The van der Waals surface area contributed by atoms with E-state index in [2.05, 4.69) is 54.0 Å². The van der Waals surface area contributed by atoms with Crippen molar-refractivity contribution in [2.45, 2.75) is 38.1 Å². The summed E-state index contributed by atoms with van der Waals surface area (Å²) in [5.74, 6) is 1.63. The Morgan fingerprint density at radius 2 is 2.19 bits per heavy atom. The second-order valence-corrected chi connectivity index (χ2v) is 6.62. The van der Waals surface area contributed by atoms with Crippen molar-refractivity contribution in [3.05, 3.63) is 52.2 Å². The zero-order valence-corrected chi connectivity index (χ0v) is 13.4. The summed E-state index contributed by atoms with van der Waals surface area (Å²) >= 11 is 1.86. The van der Waals surface area contributed by atoms with Gasteiger partial charge in [0.05, 0.1) is 6.61 Å². The average molecular weight is 301 g/mol. The van der Waals surface area contributed by atoms with Gasteiger partial charge in [0, 0.05) is 23.4 Å². The predicted molar refractivity (Wildman–Crippen MR) is 89.3 cm³/mol. The normalized spacial score (nSPS) is 18.8. The van der Waals surface area contributed by atoms with Gasteiger partial charge in [-0.2, -0.15) is 0 Å². The number of para-hydroxylation sites is 1. The first-order chi connectivity index (χ1) is 10.4. The minimum atomic E-state index is 0.491. The van der Waals surface area contributed by atoms with Gasteiger partial charge in [0.15, 0.2) is 0 Å². The van der Waals surface area contributed by atoms with Gasteiger partial charge in [0.2, 0.25) is 0 Å². The third-order valence-corrected chi connectivity index (χ3v) is 5.14. The molecule has 0 saturated heterocycles. The number of hydrogen-bond acceptors (Lipinski definition) is 3. The molecule has 3 rings (SSSR count). The maximum absolute atomic E-state index is 5.75. The fourth-order valence-electron chi connectivity index (χ4n) is 3.04. The van der Waals surface area contributed by atoms with Crippen LogP contribution in [0.3, 0.4) is 0 Å². The smallest absolute Gasteiger partial charge is 0.122 e. The van der Waals surface area contributed by atoms with Crippen molar-refractivity contribution in [2.75, 3.05) is 13.2 Å². The van der Waals surface area contributed by atoms with Crippen LogP contribution in [0.15, 0.2) is 41.8 Å². The Bertz CT molecular complexity index is 552. The molecule has 2 aromatic rings. The van der Waals surface area contributed by atoms with Crippen molar-refractivity contribution < 1.29 is 4.74 Å². The second kappa shape index (κ2) is 7.10. The molecule has 1 aliphatic rings. The fourth-order valence-corrected chi connectivity index (χ4v) is 3.87. The van der Waals surface area contributed by atoms with Gasteiger partial charge >= 0.3 is 0 Å². The molecular formula is C18H23NOS. The molecule has 1 aliphatic heterocycles. The summed E-state index contributed by atoms with van der Waals surface area (Å²) in [5.41, 5.74) is 1.36. The molecule has 21 heavy (non-hydrogen) atoms. The molecular weight excluding hydrogens is 278 g/mol. The SMILES string of the molecule is CCCC(NCC1CCOc2ccccc21)c1cccs1. The number of fused-ring (bicyclic) bond motifs is 1. The first-order valence-electron chi connectivity index (χ1n) is 7.87. The zero-order valence-electron chi connectivity index (χ0n) is 12.5. The monoisotopic (exact) mass is 301 g/mol. The molecule has 1 aromatic carbocycles. The van der Waals surface area contributed by atoms with E-state index in [4.69, 9.17) is 4.74 Å². The van der Waals surface area contributed by atoms with Crippen LogP contribution < -0.4 is 10.1 Å². The highest BCUT2D eigenvalue weighted by molar-refractivity contribution is 7.10. The van der Waals surface area contributed by atoms with Crippen molar-refractivity contribution in [2.24, 2.45) is 0 Å². The van der Waals surface area contributed by atoms with Gasteiger partial charge in [-0.3, -0.25) is 0 Å². The third kappa shape index (κ3) is 3.47. The lowest BCUT2D eigenvalue weighted by atomic mass is 9.92. The van der Waals surface area contributed by atoms with Gasteiger partial charge in [0.25, 0.3) is 0 Å². The van der Waals surface area contributed by atoms with Crippen LogP contribution in [0.1, 0.15) is 48.6 Å². The average Bonchev–Trinajstić information content (AvgIpc) is 3.05. The maximum atomic E-state index is 5.75. The van der Waals surface area contributed by atoms with E-state index in [9.17, 15) is 0 Å². The van der Waals surface area contributed by atoms with Crippen molar-refractivity contribution in [3.63, 3.8) is 0 Å². The van der Waals surface area contributed by atoms with Crippen LogP contribution in [0.4, 0.5) is 0 Å². The maximum Gasteiger partial charge on any atom is 0.122 e. The van der Waals surface area contributed by atoms with E-state index in [0.29, 0.717) is 12.0 Å². The van der Waals surface area contributed by atoms with E-state index in [0.717, 1.165) is 25.3 Å². The van der Waals surface area contributed by atoms with Gasteiger partial charge in [-0.05, 0) is 35.9 Å². The summed E-state index contributed by atoms with van der Waals surface area (Å²) in [6.45, 7) is 4.12. The Morgan fingerprint density at radius 1 is 1.29 bits per heavy atom. The first-order valence-corrected chi connectivity index (χ1v) is 8.75. The predicted octanol–water partition coefficient (Wildman–Crippen LogP) is 4.75. The van der Waals surface area contributed by atoms with E-state index in [1.165, 1.54) is 23.3 Å². The lowest BCUT2D eigenvalue weighted by Crippen LogP contribution is -2.28. The molecule has 1 N–H and O–H groups in total. The molecule has 3 heteroatoms. The summed E-state index contributed by atoms with van der Waals surface area (Å²) < 4.78 is 5.75. The molecule has 112 valence electrons. The molecule has 2 unspecified atom stereocenters. The first kappa shape index (κ1) is 14.6. The van der Waals surface area contributed by atoms with Crippen LogP contribution in [0.25, 0.3) is 0 Å². The lowest BCUT2D eigenvalue weighted by Gasteiger charge is -2.28. The quantitative estimate of drug-likeness (QED) is 0.831. The topological polar surface area (TPSA) is 21.3 Å². The Labute approximate surface area is 131 Å². The van der Waals surface area contributed by atoms with E-state index in [1.54, 1.807) is 0 Å². The summed E-state index contributed by atoms with van der Waals surface area (Å²) in [6.07, 6.45) is 3.51. The van der Waals surface area contributed by atoms with Crippen molar-refractivity contribution in [3.8, 4) is 5.75 Å². The van der Waals surface area contributed by atoms with Crippen molar-refractivity contribution in [1.82, 2.24) is 5.32 Å². The number of hydrogen-bond donors (Lipinski definition) is 1. The minimum absolute atomic E-state index is 0.491. The van der Waals surface area contributed by atoms with Gasteiger partial charge < -0.3 is 10.1 Å². The van der Waals surface area contributed by atoms with Crippen LogP contribution >= 0.6 is 11.3 Å². The molecule has 2 nitrogen and oxygen atoms in total. The summed E-state index contributed by atoms with van der Waals surface area (Å²) in [7, 11) is 0. The van der Waals surface area contributed by atoms with Gasteiger partial charge in [-0.25, -0.2) is 0 Å². The number of benzene rings is 1. The van der Waals surface area contributed by atoms with Crippen LogP contribution in [-0.2, 0) is 0 Å². The number of nitrogens with one attached hydrogen (secondary N) is 1. The molecule has 0 spiro atoms. The Hall–Kier alpha value is -1.32. The van der Waals surface area contributed by atoms with Crippen LogP contribution in [0, 0.1) is 0 Å². The van der Waals surface area contributed by atoms with E-state index in [1.807, 2.05) is 11.3 Å². The summed E-state index contributed by atoms with van der Waals surface area (Å²) in [4.78, 5) is 1.46.